The van der Waals surface area contributed by atoms with Crippen LogP contribution in [0.4, 0.5) is 0 Å². The van der Waals surface area contributed by atoms with E-state index in [1.54, 1.807) is 0 Å². The predicted molar refractivity (Wildman–Crippen MR) is 103 cm³/mol. The van der Waals surface area contributed by atoms with Crippen molar-refractivity contribution in [3.05, 3.63) is 71.8 Å². The van der Waals surface area contributed by atoms with Gasteiger partial charge in [-0.25, -0.2) is 0 Å². The topological polar surface area (TPSA) is 89.2 Å². The molecule has 2 fully saturated rings. The Kier molecular flexibility index (Phi) is 6.22. The van der Waals surface area contributed by atoms with Crippen LogP contribution in [0, 0.1) is 0 Å². The third-order valence-electron chi connectivity index (χ3n) is 5.02. The summed E-state index contributed by atoms with van der Waals surface area (Å²) in [6.45, 7) is 1.96. The SMILES string of the molecule is CC(=O)O[C@@H]1[C@@H](N)[C@@H](OCc2ccccc2)O[C@@H]2COC(c3ccccc3)O[C@@H]12. The van der Waals surface area contributed by atoms with Gasteiger partial charge in [-0.1, -0.05) is 60.7 Å². The number of benzene rings is 2. The van der Waals surface area contributed by atoms with Crippen LogP contribution in [-0.4, -0.2) is 43.2 Å². The highest BCUT2D eigenvalue weighted by Gasteiger charge is 2.50. The number of nitrogens with two attached hydrogens (primary N) is 1. The van der Waals surface area contributed by atoms with Gasteiger partial charge in [-0.15, -0.1) is 0 Å². The Morgan fingerprint density at radius 2 is 1.76 bits per heavy atom. The highest BCUT2D eigenvalue weighted by Crippen LogP contribution is 2.35. The van der Waals surface area contributed by atoms with Crippen molar-refractivity contribution in [2.45, 2.75) is 50.5 Å². The monoisotopic (exact) mass is 399 g/mol. The van der Waals surface area contributed by atoms with E-state index in [-0.39, 0.29) is 6.61 Å². The summed E-state index contributed by atoms with van der Waals surface area (Å²) >= 11 is 0. The highest BCUT2D eigenvalue weighted by atomic mass is 16.8. The van der Waals surface area contributed by atoms with E-state index in [4.69, 9.17) is 29.4 Å². The zero-order chi connectivity index (χ0) is 20.2. The van der Waals surface area contributed by atoms with Crippen LogP contribution in [0.5, 0.6) is 0 Å². The second-order valence-electron chi connectivity index (χ2n) is 7.17. The van der Waals surface area contributed by atoms with E-state index in [1.807, 2.05) is 60.7 Å². The zero-order valence-electron chi connectivity index (χ0n) is 16.2. The summed E-state index contributed by atoms with van der Waals surface area (Å²) in [6, 6.07) is 18.6. The standard InChI is InChI=1S/C22H25NO6/c1-14(24)27-20-18(23)22(25-12-15-8-4-2-5-9-15)28-17-13-26-21(29-19(17)20)16-10-6-3-7-11-16/h2-11,17-22H,12-13,23H2,1H3/t17-,18-,19-,20-,21?,22+/m1/s1. The summed E-state index contributed by atoms with van der Waals surface area (Å²) < 4.78 is 29.4. The quantitative estimate of drug-likeness (QED) is 0.772. The van der Waals surface area contributed by atoms with Gasteiger partial charge in [0.1, 0.15) is 12.2 Å². The average Bonchev–Trinajstić information content (AvgIpc) is 2.75. The summed E-state index contributed by atoms with van der Waals surface area (Å²) in [7, 11) is 0. The fourth-order valence-corrected chi connectivity index (χ4v) is 3.61. The van der Waals surface area contributed by atoms with Crippen LogP contribution in [0.3, 0.4) is 0 Å². The minimum absolute atomic E-state index is 0.278. The highest BCUT2D eigenvalue weighted by molar-refractivity contribution is 5.66. The van der Waals surface area contributed by atoms with E-state index in [2.05, 4.69) is 0 Å². The normalized spacial score (nSPS) is 31.7. The number of hydrogen-bond donors (Lipinski definition) is 1. The van der Waals surface area contributed by atoms with E-state index in [0.29, 0.717) is 6.61 Å². The Morgan fingerprint density at radius 3 is 2.45 bits per heavy atom. The molecule has 2 aromatic rings. The van der Waals surface area contributed by atoms with Gasteiger partial charge in [-0.2, -0.15) is 0 Å². The minimum Gasteiger partial charge on any atom is -0.458 e. The van der Waals surface area contributed by atoms with Gasteiger partial charge < -0.3 is 29.4 Å². The van der Waals surface area contributed by atoms with Crippen molar-refractivity contribution in [1.82, 2.24) is 0 Å². The van der Waals surface area contributed by atoms with Crippen LogP contribution < -0.4 is 5.73 Å². The first kappa shape index (κ1) is 20.0. The fraction of sp³-hybridized carbons (Fsp3) is 0.409. The van der Waals surface area contributed by atoms with Crippen LogP contribution in [0.25, 0.3) is 0 Å². The van der Waals surface area contributed by atoms with Crippen molar-refractivity contribution in [1.29, 1.82) is 0 Å². The minimum atomic E-state index is -0.749. The second-order valence-corrected chi connectivity index (χ2v) is 7.17. The van der Waals surface area contributed by atoms with Gasteiger partial charge in [0.2, 0.25) is 0 Å². The van der Waals surface area contributed by atoms with E-state index >= 15 is 0 Å². The maximum absolute atomic E-state index is 11.7. The number of fused-ring (bicyclic) bond motifs is 1. The number of esters is 1. The molecule has 1 unspecified atom stereocenters. The third kappa shape index (κ3) is 4.66. The molecule has 2 aliphatic heterocycles. The molecule has 2 aliphatic rings. The van der Waals surface area contributed by atoms with E-state index < -0.39 is 42.9 Å². The molecule has 0 bridgehead atoms. The number of carbonyl (C=O) groups is 1. The molecule has 0 aliphatic carbocycles. The van der Waals surface area contributed by atoms with Gasteiger partial charge >= 0.3 is 5.97 Å². The number of ether oxygens (including phenoxy) is 5. The third-order valence-corrected chi connectivity index (χ3v) is 5.02. The van der Waals surface area contributed by atoms with Crippen LogP contribution in [0.15, 0.2) is 60.7 Å². The van der Waals surface area contributed by atoms with Gasteiger partial charge in [0.05, 0.1) is 19.3 Å². The van der Waals surface area contributed by atoms with Crippen molar-refractivity contribution in [2.24, 2.45) is 5.73 Å². The predicted octanol–water partition coefficient (Wildman–Crippen LogP) is 2.30. The molecule has 7 heteroatoms. The Labute approximate surface area is 169 Å². The molecule has 2 N–H and O–H groups in total. The van der Waals surface area contributed by atoms with Crippen LogP contribution in [0.1, 0.15) is 24.3 Å². The van der Waals surface area contributed by atoms with Crippen molar-refractivity contribution >= 4 is 5.97 Å². The molecule has 0 aromatic heterocycles. The van der Waals surface area contributed by atoms with Crippen molar-refractivity contribution < 1.29 is 28.5 Å². The fourth-order valence-electron chi connectivity index (χ4n) is 3.61. The molecule has 0 saturated carbocycles. The van der Waals surface area contributed by atoms with Crippen molar-refractivity contribution in [2.75, 3.05) is 6.61 Å². The lowest BCUT2D eigenvalue weighted by molar-refractivity contribution is -0.344. The summed E-state index contributed by atoms with van der Waals surface area (Å²) in [5.74, 6) is -0.431. The molecule has 2 heterocycles. The molecule has 6 atom stereocenters. The number of rotatable bonds is 5. The Bertz CT molecular complexity index is 801. The van der Waals surface area contributed by atoms with Crippen LogP contribution >= 0.6 is 0 Å². The lowest BCUT2D eigenvalue weighted by Crippen LogP contribution is -2.66. The van der Waals surface area contributed by atoms with Crippen molar-refractivity contribution in [3.63, 3.8) is 0 Å². The van der Waals surface area contributed by atoms with Crippen molar-refractivity contribution in [3.8, 4) is 0 Å². The van der Waals surface area contributed by atoms with Gasteiger partial charge in [0.15, 0.2) is 18.7 Å². The molecule has 0 amide bonds. The lowest BCUT2D eigenvalue weighted by Gasteiger charge is -2.47. The van der Waals surface area contributed by atoms with Gasteiger partial charge in [0, 0.05) is 12.5 Å². The Balaban J connectivity index is 1.48. The molecule has 2 aromatic carbocycles. The number of hydrogen-bond acceptors (Lipinski definition) is 7. The van der Waals surface area contributed by atoms with Gasteiger partial charge in [-0.3, -0.25) is 4.79 Å². The summed E-state index contributed by atoms with van der Waals surface area (Å²) in [4.78, 5) is 11.7. The summed E-state index contributed by atoms with van der Waals surface area (Å²) in [5, 5.41) is 0. The van der Waals surface area contributed by atoms with E-state index in [0.717, 1.165) is 11.1 Å². The maximum Gasteiger partial charge on any atom is 0.303 e. The van der Waals surface area contributed by atoms with E-state index in [9.17, 15) is 4.79 Å². The number of carbonyl (C=O) groups excluding carboxylic acids is 1. The second kappa shape index (κ2) is 9.02. The zero-order valence-corrected chi connectivity index (χ0v) is 16.2. The molecule has 0 radical (unpaired) electrons. The summed E-state index contributed by atoms with van der Waals surface area (Å²) in [5.41, 5.74) is 8.25. The first-order valence-corrected chi connectivity index (χ1v) is 9.67. The Morgan fingerprint density at radius 1 is 1.07 bits per heavy atom. The van der Waals surface area contributed by atoms with Gasteiger partial charge in [0.25, 0.3) is 0 Å². The first-order chi connectivity index (χ1) is 14.1. The molecule has 2 saturated heterocycles. The first-order valence-electron chi connectivity index (χ1n) is 9.67. The van der Waals surface area contributed by atoms with E-state index in [1.165, 1.54) is 6.92 Å². The van der Waals surface area contributed by atoms with Gasteiger partial charge in [-0.05, 0) is 5.56 Å². The maximum atomic E-state index is 11.7. The van der Waals surface area contributed by atoms with Crippen LogP contribution in [0.2, 0.25) is 0 Å². The smallest absolute Gasteiger partial charge is 0.303 e. The molecule has 7 nitrogen and oxygen atoms in total. The Hall–Kier alpha value is -2.29. The molecule has 0 spiro atoms. The molecule has 29 heavy (non-hydrogen) atoms. The molecular formula is C22H25NO6. The molecular weight excluding hydrogens is 374 g/mol. The lowest BCUT2D eigenvalue weighted by atomic mass is 9.96. The average molecular weight is 399 g/mol. The summed E-state index contributed by atoms with van der Waals surface area (Å²) in [6.07, 6.45) is -3.04. The molecule has 4 rings (SSSR count). The largest absolute Gasteiger partial charge is 0.458 e. The molecule has 154 valence electrons. The van der Waals surface area contributed by atoms with Crippen LogP contribution in [-0.2, 0) is 35.1 Å².